The summed E-state index contributed by atoms with van der Waals surface area (Å²) in [5, 5.41) is 0. The highest BCUT2D eigenvalue weighted by molar-refractivity contribution is 5.75. The van der Waals surface area contributed by atoms with Gasteiger partial charge in [0.1, 0.15) is 0 Å². The molecule has 0 saturated heterocycles. The molecule has 3 heteroatoms. The van der Waals surface area contributed by atoms with Crippen LogP contribution in [-0.2, 0) is 6.18 Å². The lowest BCUT2D eigenvalue weighted by atomic mass is 9.72. The van der Waals surface area contributed by atoms with Gasteiger partial charge < -0.3 is 0 Å². The molecule has 0 aromatic heterocycles. The molecule has 0 N–H and O–H groups in total. The molecule has 1 aromatic carbocycles. The zero-order valence-corrected chi connectivity index (χ0v) is 15.6. The monoisotopic (exact) mass is 362 g/mol. The minimum absolute atomic E-state index is 0.584. The van der Waals surface area contributed by atoms with Crippen LogP contribution in [-0.4, -0.2) is 0 Å². The molecule has 1 aromatic rings. The lowest BCUT2D eigenvalue weighted by Gasteiger charge is -2.33. The molecule has 0 aliphatic heterocycles. The second-order valence-corrected chi connectivity index (χ2v) is 7.92. The van der Waals surface area contributed by atoms with E-state index in [9.17, 15) is 13.2 Å². The van der Waals surface area contributed by atoms with E-state index in [2.05, 4.69) is 25.2 Å². The van der Waals surface area contributed by atoms with Crippen molar-refractivity contribution in [3.05, 3.63) is 53.6 Å². The van der Waals surface area contributed by atoms with Gasteiger partial charge in [0.2, 0.25) is 0 Å². The number of hydrogen-bond donors (Lipinski definition) is 0. The van der Waals surface area contributed by atoms with Crippen LogP contribution in [0.15, 0.2) is 42.5 Å². The lowest BCUT2D eigenvalue weighted by Crippen LogP contribution is -2.21. The Bertz CT molecular complexity index is 628. The number of rotatable bonds is 5. The van der Waals surface area contributed by atoms with E-state index in [1.807, 2.05) is 0 Å². The van der Waals surface area contributed by atoms with Gasteiger partial charge in [-0.25, -0.2) is 0 Å². The van der Waals surface area contributed by atoms with E-state index in [1.54, 1.807) is 12.1 Å². The Morgan fingerprint density at radius 2 is 1.69 bits per heavy atom. The zero-order valence-electron chi connectivity index (χ0n) is 15.6. The maximum atomic E-state index is 12.7. The molecule has 3 rings (SSSR count). The minimum Gasteiger partial charge on any atom is -0.166 e. The number of unbranched alkanes of at least 4 members (excludes halogenated alkanes) is 1. The Morgan fingerprint density at radius 3 is 2.23 bits per heavy atom. The van der Waals surface area contributed by atoms with E-state index in [0.717, 1.165) is 29.4 Å². The van der Waals surface area contributed by atoms with Crippen LogP contribution in [0.3, 0.4) is 0 Å². The highest BCUT2D eigenvalue weighted by Crippen LogP contribution is 2.39. The summed E-state index contributed by atoms with van der Waals surface area (Å²) in [5.41, 5.74) is 1.34. The Balaban J connectivity index is 1.54. The fraction of sp³-hybridized carbons (Fsp3) is 0.565. The van der Waals surface area contributed by atoms with Crippen LogP contribution in [0.2, 0.25) is 0 Å². The standard InChI is InChI=1S/C23H29F3/c1-2-3-4-17-5-7-18(8-6-17)19-9-11-20(12-10-19)21-13-15-22(16-14-21)23(24,25)26/h9,11-19H,2-8,10H2,1H3. The first kappa shape index (κ1) is 19.3. The number of alkyl halides is 3. The first-order chi connectivity index (χ1) is 12.5. The number of benzene rings is 1. The van der Waals surface area contributed by atoms with Crippen LogP contribution in [0.5, 0.6) is 0 Å². The minimum atomic E-state index is -4.27. The van der Waals surface area contributed by atoms with Crippen LogP contribution in [0, 0.1) is 17.8 Å². The predicted octanol–water partition coefficient (Wildman–Crippen LogP) is 7.66. The van der Waals surface area contributed by atoms with Crippen molar-refractivity contribution in [2.45, 2.75) is 64.5 Å². The van der Waals surface area contributed by atoms with Gasteiger partial charge >= 0.3 is 6.18 Å². The molecule has 2 aliphatic carbocycles. The van der Waals surface area contributed by atoms with Crippen molar-refractivity contribution in [3.63, 3.8) is 0 Å². The smallest absolute Gasteiger partial charge is 0.166 e. The third kappa shape index (κ3) is 4.81. The Labute approximate surface area is 155 Å². The highest BCUT2D eigenvalue weighted by atomic mass is 19.4. The van der Waals surface area contributed by atoms with Crippen molar-refractivity contribution in [2.24, 2.45) is 17.8 Å². The molecule has 0 bridgehead atoms. The Morgan fingerprint density at radius 1 is 1.00 bits per heavy atom. The first-order valence-corrected chi connectivity index (χ1v) is 10.0. The van der Waals surface area contributed by atoms with E-state index >= 15 is 0 Å². The third-order valence-electron chi connectivity index (χ3n) is 6.14. The summed E-state index contributed by atoms with van der Waals surface area (Å²) in [6.07, 6.45) is 12.8. The number of halogens is 3. The van der Waals surface area contributed by atoms with Crippen molar-refractivity contribution in [1.82, 2.24) is 0 Å². The second kappa shape index (κ2) is 8.45. The molecular formula is C23H29F3. The van der Waals surface area contributed by atoms with Crippen LogP contribution >= 0.6 is 0 Å². The maximum Gasteiger partial charge on any atom is 0.416 e. The summed E-state index contributed by atoms with van der Waals surface area (Å²) in [7, 11) is 0. The topological polar surface area (TPSA) is 0 Å². The van der Waals surface area contributed by atoms with E-state index in [0.29, 0.717) is 5.92 Å². The van der Waals surface area contributed by atoms with Gasteiger partial charge in [-0.05, 0) is 60.3 Å². The maximum absolute atomic E-state index is 12.7. The van der Waals surface area contributed by atoms with Crippen LogP contribution in [0.4, 0.5) is 13.2 Å². The summed E-state index contributed by atoms with van der Waals surface area (Å²) >= 11 is 0. The summed E-state index contributed by atoms with van der Waals surface area (Å²) in [6, 6.07) is 5.51. The summed E-state index contributed by atoms with van der Waals surface area (Å²) in [4.78, 5) is 0. The van der Waals surface area contributed by atoms with Crippen molar-refractivity contribution >= 4 is 5.57 Å². The zero-order chi connectivity index (χ0) is 18.6. The fourth-order valence-electron chi connectivity index (χ4n) is 4.45. The third-order valence-corrected chi connectivity index (χ3v) is 6.14. The molecule has 2 aliphatic rings. The second-order valence-electron chi connectivity index (χ2n) is 7.92. The van der Waals surface area contributed by atoms with Gasteiger partial charge in [0, 0.05) is 0 Å². The number of allylic oxidation sites excluding steroid dienone is 4. The van der Waals surface area contributed by atoms with E-state index in [1.165, 1.54) is 57.1 Å². The molecule has 1 fully saturated rings. The van der Waals surface area contributed by atoms with Crippen LogP contribution in [0.25, 0.3) is 5.57 Å². The van der Waals surface area contributed by atoms with Gasteiger partial charge in [-0.15, -0.1) is 0 Å². The van der Waals surface area contributed by atoms with Gasteiger partial charge in [0.05, 0.1) is 5.56 Å². The Hall–Kier alpha value is -1.51. The molecule has 0 heterocycles. The molecule has 26 heavy (non-hydrogen) atoms. The SMILES string of the molecule is CCCCC1CCC(C2C=CC(c3ccc(C(F)(F)F)cc3)=CC2)CC1. The molecule has 142 valence electrons. The van der Waals surface area contributed by atoms with E-state index < -0.39 is 11.7 Å². The molecular weight excluding hydrogens is 333 g/mol. The van der Waals surface area contributed by atoms with Crippen molar-refractivity contribution in [3.8, 4) is 0 Å². The van der Waals surface area contributed by atoms with Crippen molar-refractivity contribution < 1.29 is 13.2 Å². The normalized spacial score (nSPS) is 26.6. The summed E-state index contributed by atoms with van der Waals surface area (Å²) in [6.45, 7) is 2.26. The predicted molar refractivity (Wildman–Crippen MR) is 102 cm³/mol. The molecule has 1 unspecified atom stereocenters. The molecule has 1 atom stereocenters. The average molecular weight is 362 g/mol. The average Bonchev–Trinajstić information content (AvgIpc) is 2.66. The van der Waals surface area contributed by atoms with Crippen molar-refractivity contribution in [2.75, 3.05) is 0 Å². The van der Waals surface area contributed by atoms with Gasteiger partial charge in [-0.2, -0.15) is 13.2 Å². The van der Waals surface area contributed by atoms with Gasteiger partial charge in [0.25, 0.3) is 0 Å². The van der Waals surface area contributed by atoms with E-state index in [-0.39, 0.29) is 0 Å². The van der Waals surface area contributed by atoms with Gasteiger partial charge in [-0.3, -0.25) is 0 Å². The molecule has 0 spiro atoms. The van der Waals surface area contributed by atoms with Crippen LogP contribution < -0.4 is 0 Å². The molecule has 0 amide bonds. The number of hydrogen-bond acceptors (Lipinski definition) is 0. The lowest BCUT2D eigenvalue weighted by molar-refractivity contribution is -0.137. The van der Waals surface area contributed by atoms with Crippen molar-refractivity contribution in [1.29, 1.82) is 0 Å². The summed E-state index contributed by atoms with van der Waals surface area (Å²) < 4.78 is 38.1. The van der Waals surface area contributed by atoms with Gasteiger partial charge in [0.15, 0.2) is 0 Å². The van der Waals surface area contributed by atoms with Gasteiger partial charge in [-0.1, -0.05) is 69.4 Å². The first-order valence-electron chi connectivity index (χ1n) is 10.0. The van der Waals surface area contributed by atoms with E-state index in [4.69, 9.17) is 0 Å². The van der Waals surface area contributed by atoms with Crippen LogP contribution in [0.1, 0.15) is 69.4 Å². The largest absolute Gasteiger partial charge is 0.416 e. The Kier molecular flexibility index (Phi) is 6.26. The molecule has 0 radical (unpaired) electrons. The highest BCUT2D eigenvalue weighted by Gasteiger charge is 2.30. The molecule has 0 nitrogen and oxygen atoms in total. The summed E-state index contributed by atoms with van der Waals surface area (Å²) in [5.74, 6) is 2.30. The molecule has 1 saturated carbocycles. The fourth-order valence-corrected chi connectivity index (χ4v) is 4.45. The quantitative estimate of drug-likeness (QED) is 0.504.